The molecule has 0 spiro atoms. The number of hydrogen-bond acceptors (Lipinski definition) is 2. The number of hydrogen-bond donors (Lipinski definition) is 1. The van der Waals surface area contributed by atoms with Gasteiger partial charge in [0.1, 0.15) is 11.4 Å². The van der Waals surface area contributed by atoms with Crippen LogP contribution in [0.5, 0.6) is 0 Å². The van der Waals surface area contributed by atoms with Gasteiger partial charge in [0.15, 0.2) is 0 Å². The van der Waals surface area contributed by atoms with E-state index in [4.69, 9.17) is 16.7 Å². The van der Waals surface area contributed by atoms with Crippen LogP contribution < -0.4 is 0 Å². The van der Waals surface area contributed by atoms with Gasteiger partial charge in [-0.25, -0.2) is 13.9 Å². The number of aromatic nitrogens is 2. The molecule has 0 aliphatic rings. The molecule has 0 amide bonds. The van der Waals surface area contributed by atoms with Gasteiger partial charge in [0.05, 0.1) is 22.6 Å². The molecule has 0 bridgehead atoms. The summed E-state index contributed by atoms with van der Waals surface area (Å²) in [5.41, 5.74) is 0.941. The quantitative estimate of drug-likeness (QED) is 0.896. The highest BCUT2D eigenvalue weighted by Crippen LogP contribution is 2.20. The number of rotatable bonds is 2. The molecule has 88 valence electrons. The van der Waals surface area contributed by atoms with Gasteiger partial charge < -0.3 is 5.11 Å². The Morgan fingerprint density at radius 3 is 2.76 bits per heavy atom. The Hall–Kier alpha value is -1.88. The van der Waals surface area contributed by atoms with Gasteiger partial charge >= 0.3 is 5.97 Å². The Kier molecular flexibility index (Phi) is 2.85. The zero-order valence-electron chi connectivity index (χ0n) is 8.82. The molecular weight excluding hydrogens is 247 g/mol. The van der Waals surface area contributed by atoms with E-state index in [1.54, 1.807) is 13.0 Å². The second-order valence-electron chi connectivity index (χ2n) is 3.46. The standard InChI is InChI=1S/C11H8ClFN2O2/c1-6-8(11(16)17)5-14-15(6)7-2-3-9(12)10(13)4-7/h2-5H,1H3,(H,16,17). The molecule has 0 aliphatic carbocycles. The van der Waals surface area contributed by atoms with E-state index >= 15 is 0 Å². The number of benzene rings is 1. The lowest BCUT2D eigenvalue weighted by molar-refractivity contribution is 0.0696. The summed E-state index contributed by atoms with van der Waals surface area (Å²) >= 11 is 5.56. The molecule has 1 aromatic carbocycles. The van der Waals surface area contributed by atoms with Crippen molar-refractivity contribution in [3.63, 3.8) is 0 Å². The highest BCUT2D eigenvalue weighted by Gasteiger charge is 2.14. The maximum absolute atomic E-state index is 13.3. The fourth-order valence-corrected chi connectivity index (χ4v) is 1.61. The molecule has 1 N–H and O–H groups in total. The molecule has 0 unspecified atom stereocenters. The third-order valence-corrected chi connectivity index (χ3v) is 2.69. The van der Waals surface area contributed by atoms with Crippen molar-refractivity contribution in [2.45, 2.75) is 6.92 Å². The molecule has 1 heterocycles. The summed E-state index contributed by atoms with van der Waals surface area (Å²) in [4.78, 5) is 10.8. The smallest absolute Gasteiger partial charge is 0.339 e. The van der Waals surface area contributed by atoms with Gasteiger partial charge in [0, 0.05) is 6.07 Å². The Bertz CT molecular complexity index is 595. The van der Waals surface area contributed by atoms with Crippen molar-refractivity contribution in [2.75, 3.05) is 0 Å². The van der Waals surface area contributed by atoms with Crippen LogP contribution in [0.25, 0.3) is 5.69 Å². The maximum atomic E-state index is 13.3. The van der Waals surface area contributed by atoms with Crippen molar-refractivity contribution in [1.82, 2.24) is 9.78 Å². The molecule has 17 heavy (non-hydrogen) atoms. The molecule has 0 saturated heterocycles. The second-order valence-corrected chi connectivity index (χ2v) is 3.87. The minimum atomic E-state index is -1.07. The van der Waals surface area contributed by atoms with Crippen molar-refractivity contribution in [3.05, 3.63) is 46.5 Å². The molecule has 0 saturated carbocycles. The van der Waals surface area contributed by atoms with E-state index in [1.807, 2.05) is 0 Å². The van der Waals surface area contributed by atoms with Gasteiger partial charge in [-0.3, -0.25) is 0 Å². The first kappa shape index (κ1) is 11.6. The van der Waals surface area contributed by atoms with Crippen LogP contribution in [0.2, 0.25) is 5.02 Å². The van der Waals surface area contributed by atoms with Crippen LogP contribution >= 0.6 is 11.6 Å². The van der Waals surface area contributed by atoms with Gasteiger partial charge in [0.25, 0.3) is 0 Å². The minimum Gasteiger partial charge on any atom is -0.478 e. The molecule has 2 aromatic rings. The fourth-order valence-electron chi connectivity index (χ4n) is 1.50. The molecular formula is C11H8ClFN2O2. The van der Waals surface area contributed by atoms with Gasteiger partial charge in [0.2, 0.25) is 0 Å². The number of aromatic carboxylic acids is 1. The van der Waals surface area contributed by atoms with Crippen LogP contribution in [0.15, 0.2) is 24.4 Å². The first-order valence-electron chi connectivity index (χ1n) is 4.74. The van der Waals surface area contributed by atoms with Crippen LogP contribution in [-0.2, 0) is 0 Å². The Labute approximate surface area is 101 Å². The summed E-state index contributed by atoms with van der Waals surface area (Å²) in [6, 6.07) is 4.17. The predicted octanol–water partition coefficient (Wildman–Crippen LogP) is 2.67. The van der Waals surface area contributed by atoms with Crippen LogP contribution in [-0.4, -0.2) is 20.9 Å². The molecule has 0 aliphatic heterocycles. The maximum Gasteiger partial charge on any atom is 0.339 e. The van der Waals surface area contributed by atoms with Crippen LogP contribution in [0.4, 0.5) is 4.39 Å². The molecule has 0 fully saturated rings. The summed E-state index contributed by atoms with van der Waals surface area (Å²) in [5.74, 6) is -1.64. The lowest BCUT2D eigenvalue weighted by Crippen LogP contribution is -2.02. The molecule has 0 atom stereocenters. The van der Waals surface area contributed by atoms with Crippen molar-refractivity contribution in [3.8, 4) is 5.69 Å². The van der Waals surface area contributed by atoms with E-state index in [1.165, 1.54) is 23.0 Å². The molecule has 4 nitrogen and oxygen atoms in total. The average Bonchev–Trinajstić information content (AvgIpc) is 2.64. The van der Waals surface area contributed by atoms with Gasteiger partial charge in [-0.2, -0.15) is 5.10 Å². The zero-order chi connectivity index (χ0) is 12.6. The number of carboxylic acids is 1. The topological polar surface area (TPSA) is 55.1 Å². The summed E-state index contributed by atoms with van der Waals surface area (Å²) in [5, 5.41) is 12.8. The van der Waals surface area contributed by atoms with Crippen LogP contribution in [0.3, 0.4) is 0 Å². The minimum absolute atomic E-state index is 0.0111. The predicted molar refractivity (Wildman–Crippen MR) is 60.2 cm³/mol. The zero-order valence-corrected chi connectivity index (χ0v) is 9.57. The molecule has 1 aromatic heterocycles. The summed E-state index contributed by atoms with van der Waals surface area (Å²) in [6.07, 6.45) is 1.23. The van der Waals surface area contributed by atoms with E-state index in [0.29, 0.717) is 11.4 Å². The lowest BCUT2D eigenvalue weighted by atomic mass is 10.2. The Balaban J connectivity index is 2.53. The fraction of sp³-hybridized carbons (Fsp3) is 0.0909. The van der Waals surface area contributed by atoms with E-state index in [0.717, 1.165) is 0 Å². The van der Waals surface area contributed by atoms with Crippen LogP contribution in [0.1, 0.15) is 16.1 Å². The van der Waals surface area contributed by atoms with Crippen LogP contribution in [0, 0.1) is 12.7 Å². The summed E-state index contributed by atoms with van der Waals surface area (Å²) < 4.78 is 14.6. The number of nitrogens with zero attached hydrogens (tertiary/aromatic N) is 2. The summed E-state index contributed by atoms with van der Waals surface area (Å²) in [7, 11) is 0. The average molecular weight is 255 g/mol. The number of carbonyl (C=O) groups is 1. The van der Waals surface area contributed by atoms with E-state index < -0.39 is 11.8 Å². The highest BCUT2D eigenvalue weighted by molar-refractivity contribution is 6.30. The van der Waals surface area contributed by atoms with Crippen molar-refractivity contribution < 1.29 is 14.3 Å². The first-order valence-corrected chi connectivity index (χ1v) is 5.12. The molecule has 6 heteroatoms. The van der Waals surface area contributed by atoms with Gasteiger partial charge in [-0.1, -0.05) is 11.6 Å². The SMILES string of the molecule is Cc1c(C(=O)O)cnn1-c1ccc(Cl)c(F)c1. The summed E-state index contributed by atoms with van der Waals surface area (Å²) in [6.45, 7) is 1.60. The lowest BCUT2D eigenvalue weighted by Gasteiger charge is -2.05. The van der Waals surface area contributed by atoms with E-state index in [9.17, 15) is 9.18 Å². The normalized spacial score (nSPS) is 10.5. The highest BCUT2D eigenvalue weighted by atomic mass is 35.5. The molecule has 0 radical (unpaired) electrons. The molecule has 2 rings (SSSR count). The third kappa shape index (κ3) is 2.01. The second kappa shape index (κ2) is 4.18. The van der Waals surface area contributed by atoms with E-state index in [2.05, 4.69) is 5.10 Å². The largest absolute Gasteiger partial charge is 0.478 e. The Morgan fingerprint density at radius 1 is 1.53 bits per heavy atom. The van der Waals surface area contributed by atoms with E-state index in [-0.39, 0.29) is 10.6 Å². The van der Waals surface area contributed by atoms with Gasteiger partial charge in [-0.15, -0.1) is 0 Å². The van der Waals surface area contributed by atoms with Crippen molar-refractivity contribution in [2.24, 2.45) is 0 Å². The third-order valence-electron chi connectivity index (χ3n) is 2.39. The Morgan fingerprint density at radius 2 is 2.24 bits per heavy atom. The first-order chi connectivity index (χ1) is 8.00. The number of carboxylic acid groups (broad SMARTS) is 1. The monoisotopic (exact) mass is 254 g/mol. The van der Waals surface area contributed by atoms with Crippen molar-refractivity contribution >= 4 is 17.6 Å². The van der Waals surface area contributed by atoms with Gasteiger partial charge in [-0.05, 0) is 19.1 Å². The number of halogens is 2. The van der Waals surface area contributed by atoms with Crippen molar-refractivity contribution in [1.29, 1.82) is 0 Å².